The van der Waals surface area contributed by atoms with Crippen LogP contribution in [0, 0.1) is 5.92 Å². The van der Waals surface area contributed by atoms with E-state index in [4.69, 9.17) is 0 Å². The first-order valence-corrected chi connectivity index (χ1v) is 9.81. The molecule has 1 saturated heterocycles. The average Bonchev–Trinajstić information content (AvgIpc) is 2.54. The Hall–Kier alpha value is -1.61. The molecule has 0 saturated carbocycles. The molecule has 0 bridgehead atoms. The standard InChI is InChI=1S/C16H21F3N2O3S/c1-25(23,24)21-10-7-13(8-11-21)15(22)20-9-6-12-2-4-14(5-3-12)16(17,18)19/h2-5,13H,6-11H2,1H3,(H,20,22). The van der Waals surface area contributed by atoms with Crippen molar-refractivity contribution in [3.05, 3.63) is 35.4 Å². The molecule has 25 heavy (non-hydrogen) atoms. The van der Waals surface area contributed by atoms with Crippen LogP contribution in [0.25, 0.3) is 0 Å². The van der Waals surface area contributed by atoms with E-state index in [1.165, 1.54) is 16.4 Å². The molecule has 5 nitrogen and oxygen atoms in total. The van der Waals surface area contributed by atoms with Crippen LogP contribution in [0.1, 0.15) is 24.0 Å². The maximum absolute atomic E-state index is 12.5. The van der Waals surface area contributed by atoms with Crippen molar-refractivity contribution in [2.24, 2.45) is 5.92 Å². The van der Waals surface area contributed by atoms with Crippen molar-refractivity contribution in [2.45, 2.75) is 25.4 Å². The van der Waals surface area contributed by atoms with Gasteiger partial charge in [0.15, 0.2) is 0 Å². The fourth-order valence-corrected chi connectivity index (χ4v) is 3.66. The summed E-state index contributed by atoms with van der Waals surface area (Å²) in [4.78, 5) is 12.1. The third-order valence-corrected chi connectivity index (χ3v) is 5.59. The van der Waals surface area contributed by atoms with Crippen molar-refractivity contribution in [3.63, 3.8) is 0 Å². The maximum atomic E-state index is 12.5. The molecule has 0 aromatic heterocycles. The van der Waals surface area contributed by atoms with Crippen LogP contribution in [0.15, 0.2) is 24.3 Å². The molecule has 140 valence electrons. The molecule has 1 aliphatic heterocycles. The molecular weight excluding hydrogens is 357 g/mol. The second-order valence-corrected chi connectivity index (χ2v) is 8.15. The predicted molar refractivity (Wildman–Crippen MR) is 87.3 cm³/mol. The van der Waals surface area contributed by atoms with Crippen LogP contribution in [0.3, 0.4) is 0 Å². The minimum absolute atomic E-state index is 0.139. The first-order chi connectivity index (χ1) is 11.6. The van der Waals surface area contributed by atoms with Crippen LogP contribution < -0.4 is 5.32 Å². The number of halogens is 3. The summed E-state index contributed by atoms with van der Waals surface area (Å²) in [7, 11) is -3.22. The van der Waals surface area contributed by atoms with Gasteiger partial charge in [0.05, 0.1) is 11.8 Å². The van der Waals surface area contributed by atoms with Gasteiger partial charge in [-0.2, -0.15) is 13.2 Å². The third-order valence-electron chi connectivity index (χ3n) is 4.29. The van der Waals surface area contributed by atoms with Gasteiger partial charge in [0.1, 0.15) is 0 Å². The largest absolute Gasteiger partial charge is 0.416 e. The van der Waals surface area contributed by atoms with E-state index in [0.717, 1.165) is 18.4 Å². The molecule has 9 heteroatoms. The van der Waals surface area contributed by atoms with Gasteiger partial charge in [0.2, 0.25) is 15.9 Å². The maximum Gasteiger partial charge on any atom is 0.416 e. The van der Waals surface area contributed by atoms with Gasteiger partial charge in [-0.05, 0) is 37.0 Å². The first-order valence-electron chi connectivity index (χ1n) is 7.96. The van der Waals surface area contributed by atoms with Crippen molar-refractivity contribution in [1.82, 2.24) is 9.62 Å². The summed E-state index contributed by atoms with van der Waals surface area (Å²) >= 11 is 0. The Kier molecular flexibility index (Phi) is 6.10. The van der Waals surface area contributed by atoms with E-state index in [0.29, 0.717) is 44.5 Å². The van der Waals surface area contributed by atoms with E-state index in [9.17, 15) is 26.4 Å². The number of alkyl halides is 3. The van der Waals surface area contributed by atoms with Crippen molar-refractivity contribution in [2.75, 3.05) is 25.9 Å². The number of carbonyl (C=O) groups excluding carboxylic acids is 1. The molecule has 0 unspecified atom stereocenters. The van der Waals surface area contributed by atoms with E-state index in [-0.39, 0.29) is 11.8 Å². The lowest BCUT2D eigenvalue weighted by Gasteiger charge is -2.29. The minimum atomic E-state index is -4.35. The average molecular weight is 378 g/mol. The molecule has 1 amide bonds. The minimum Gasteiger partial charge on any atom is -0.356 e. The summed E-state index contributed by atoms with van der Waals surface area (Å²) in [6.45, 7) is 0.988. The lowest BCUT2D eigenvalue weighted by atomic mass is 9.97. The van der Waals surface area contributed by atoms with Crippen molar-refractivity contribution in [3.8, 4) is 0 Å². The molecule has 0 atom stereocenters. The van der Waals surface area contributed by atoms with Crippen molar-refractivity contribution < 1.29 is 26.4 Å². The lowest BCUT2D eigenvalue weighted by molar-refractivity contribution is -0.137. The Balaban J connectivity index is 1.76. The van der Waals surface area contributed by atoms with Gasteiger partial charge < -0.3 is 5.32 Å². The van der Waals surface area contributed by atoms with Gasteiger partial charge in [-0.15, -0.1) is 0 Å². The zero-order valence-corrected chi connectivity index (χ0v) is 14.7. The summed E-state index contributed by atoms with van der Waals surface area (Å²) in [5.41, 5.74) is 0.0121. The lowest BCUT2D eigenvalue weighted by Crippen LogP contribution is -2.42. The number of benzene rings is 1. The van der Waals surface area contributed by atoms with Gasteiger partial charge >= 0.3 is 6.18 Å². The molecule has 1 aromatic carbocycles. The SMILES string of the molecule is CS(=O)(=O)N1CCC(C(=O)NCCc2ccc(C(F)(F)F)cc2)CC1. The molecule has 0 aliphatic carbocycles. The highest BCUT2D eigenvalue weighted by Gasteiger charge is 2.30. The number of nitrogens with one attached hydrogen (secondary N) is 1. The summed E-state index contributed by atoms with van der Waals surface area (Å²) < 4.78 is 61.7. The fraction of sp³-hybridized carbons (Fsp3) is 0.562. The summed E-state index contributed by atoms with van der Waals surface area (Å²) in [5, 5.41) is 2.77. The molecule has 1 N–H and O–H groups in total. The molecular formula is C16H21F3N2O3S. The van der Waals surface area contributed by atoms with Gasteiger partial charge in [0.25, 0.3) is 0 Å². The van der Waals surface area contributed by atoms with E-state index >= 15 is 0 Å². The number of nitrogens with zero attached hydrogens (tertiary/aromatic N) is 1. The molecule has 1 heterocycles. The highest BCUT2D eigenvalue weighted by atomic mass is 32.2. The van der Waals surface area contributed by atoms with Crippen LogP contribution in [-0.4, -0.2) is 44.5 Å². The number of hydrogen-bond donors (Lipinski definition) is 1. The Morgan fingerprint density at radius 3 is 2.24 bits per heavy atom. The van der Waals surface area contributed by atoms with Crippen molar-refractivity contribution >= 4 is 15.9 Å². The van der Waals surface area contributed by atoms with Gasteiger partial charge in [-0.1, -0.05) is 12.1 Å². The Morgan fingerprint density at radius 1 is 1.20 bits per heavy atom. The second kappa shape index (κ2) is 7.74. The molecule has 1 aromatic rings. The topological polar surface area (TPSA) is 66.5 Å². The zero-order valence-electron chi connectivity index (χ0n) is 13.8. The Morgan fingerprint density at radius 2 is 1.76 bits per heavy atom. The normalized spacial score (nSPS) is 17.4. The summed E-state index contributed by atoms with van der Waals surface area (Å²) in [6.07, 6.45) is -1.82. The van der Waals surface area contributed by atoms with E-state index < -0.39 is 21.8 Å². The van der Waals surface area contributed by atoms with Crippen LogP contribution >= 0.6 is 0 Å². The quantitative estimate of drug-likeness (QED) is 0.853. The number of carbonyl (C=O) groups is 1. The molecule has 0 radical (unpaired) electrons. The van der Waals surface area contributed by atoms with E-state index in [2.05, 4.69) is 5.32 Å². The monoisotopic (exact) mass is 378 g/mol. The van der Waals surface area contributed by atoms with Crippen LogP contribution in [0.4, 0.5) is 13.2 Å². The fourth-order valence-electron chi connectivity index (χ4n) is 2.78. The van der Waals surface area contributed by atoms with Gasteiger partial charge in [-0.3, -0.25) is 4.79 Å². The number of amides is 1. The van der Waals surface area contributed by atoms with Crippen molar-refractivity contribution in [1.29, 1.82) is 0 Å². The third kappa shape index (κ3) is 5.71. The molecule has 0 spiro atoms. The Labute approximate surface area is 145 Å². The predicted octanol–water partition coefficient (Wildman–Crippen LogP) is 2.04. The summed E-state index contributed by atoms with van der Waals surface area (Å²) in [6, 6.07) is 4.86. The highest BCUT2D eigenvalue weighted by Crippen LogP contribution is 2.29. The highest BCUT2D eigenvalue weighted by molar-refractivity contribution is 7.88. The van der Waals surface area contributed by atoms with E-state index in [1.54, 1.807) is 0 Å². The van der Waals surface area contributed by atoms with Gasteiger partial charge in [-0.25, -0.2) is 12.7 Å². The zero-order chi connectivity index (χ0) is 18.7. The number of hydrogen-bond acceptors (Lipinski definition) is 3. The number of rotatable bonds is 5. The van der Waals surface area contributed by atoms with Crippen LogP contribution in [0.5, 0.6) is 0 Å². The van der Waals surface area contributed by atoms with E-state index in [1.807, 2.05) is 0 Å². The number of piperidine rings is 1. The second-order valence-electron chi connectivity index (χ2n) is 6.17. The number of sulfonamides is 1. The molecule has 1 aliphatic rings. The molecule has 2 rings (SSSR count). The smallest absolute Gasteiger partial charge is 0.356 e. The molecule has 1 fully saturated rings. The van der Waals surface area contributed by atoms with Crippen LogP contribution in [0.2, 0.25) is 0 Å². The Bertz CT molecular complexity index is 694. The van der Waals surface area contributed by atoms with Crippen LogP contribution in [-0.2, 0) is 27.4 Å². The van der Waals surface area contributed by atoms with Gasteiger partial charge in [0, 0.05) is 25.6 Å². The summed E-state index contributed by atoms with van der Waals surface area (Å²) in [5.74, 6) is -0.370. The first kappa shape index (κ1) is 19.7.